The fourth-order valence-corrected chi connectivity index (χ4v) is 8.21. The Morgan fingerprint density at radius 3 is 1.12 bits per heavy atom. The lowest BCUT2D eigenvalue weighted by Crippen LogP contribution is -2.30. The van der Waals surface area contributed by atoms with Crippen LogP contribution >= 0.6 is 0 Å². The maximum atomic E-state index is 12.8. The fraction of sp³-hybridized carbons (Fsp3) is 0.831. The number of hydrogen-bond donors (Lipinski definition) is 0. The van der Waals surface area contributed by atoms with E-state index >= 15 is 0 Å². The van der Waals surface area contributed by atoms with Crippen molar-refractivity contribution in [3.8, 4) is 0 Å². The van der Waals surface area contributed by atoms with Gasteiger partial charge in [0.15, 0.2) is 6.10 Å². The van der Waals surface area contributed by atoms with Gasteiger partial charge < -0.3 is 14.2 Å². The minimum atomic E-state index is -0.537. The summed E-state index contributed by atoms with van der Waals surface area (Å²) in [6.45, 7) is 7.73. The molecular formula is C59H108O5. The van der Waals surface area contributed by atoms with Gasteiger partial charge in [-0.2, -0.15) is 0 Å². The molecule has 0 amide bonds. The lowest BCUT2D eigenvalue weighted by molar-refractivity contribution is -0.163. The monoisotopic (exact) mass is 897 g/mol. The van der Waals surface area contributed by atoms with E-state index in [1.165, 1.54) is 193 Å². The molecule has 5 heteroatoms. The van der Waals surface area contributed by atoms with E-state index < -0.39 is 6.10 Å². The standard InChI is InChI=1S/C59H108O5/c1-4-7-10-13-16-19-21-23-25-27-29-31-33-35-37-39-42-45-48-51-54-62-55-57(64-59(61)53-50-47-44-40-18-15-12-9-6-3)56-63-58(60)52-49-46-43-41-38-36-34-32-30-28-26-24-22-20-17-14-11-8-5-2/h7,10,16,19,23,25,29,31,57H,4-6,8-9,11-15,17-18,20-22,24,26-28,30,32-56H2,1-3H3/b10-7-,19-16-,25-23-,31-29-. The molecule has 0 fully saturated rings. The van der Waals surface area contributed by atoms with Gasteiger partial charge in [0, 0.05) is 19.4 Å². The van der Waals surface area contributed by atoms with Crippen molar-refractivity contribution in [1.82, 2.24) is 0 Å². The molecule has 0 bridgehead atoms. The van der Waals surface area contributed by atoms with Crippen LogP contribution < -0.4 is 0 Å². The molecule has 0 N–H and O–H groups in total. The number of ether oxygens (including phenoxy) is 3. The third kappa shape index (κ3) is 52.5. The summed E-state index contributed by atoms with van der Waals surface area (Å²) in [6, 6.07) is 0. The lowest BCUT2D eigenvalue weighted by Gasteiger charge is -2.18. The third-order valence-corrected chi connectivity index (χ3v) is 12.4. The molecular weight excluding hydrogens is 789 g/mol. The maximum Gasteiger partial charge on any atom is 0.306 e. The molecule has 0 rings (SSSR count). The Bertz CT molecular complexity index is 1060. The highest BCUT2D eigenvalue weighted by Crippen LogP contribution is 2.16. The molecule has 0 heterocycles. The first kappa shape index (κ1) is 61.9. The van der Waals surface area contributed by atoms with Crippen molar-refractivity contribution in [2.24, 2.45) is 0 Å². The number of unbranched alkanes of at least 4 members (excludes halogenated alkanes) is 33. The maximum absolute atomic E-state index is 12.8. The van der Waals surface area contributed by atoms with Crippen molar-refractivity contribution < 1.29 is 23.8 Å². The molecule has 0 spiro atoms. The van der Waals surface area contributed by atoms with Gasteiger partial charge >= 0.3 is 11.9 Å². The van der Waals surface area contributed by atoms with Crippen LogP contribution in [0.5, 0.6) is 0 Å². The summed E-state index contributed by atoms with van der Waals surface area (Å²) in [5.74, 6) is -0.390. The predicted molar refractivity (Wildman–Crippen MR) is 279 cm³/mol. The molecule has 0 aliphatic carbocycles. The van der Waals surface area contributed by atoms with Gasteiger partial charge in [0.2, 0.25) is 0 Å². The summed E-state index contributed by atoms with van der Waals surface area (Å²) < 4.78 is 17.4. The van der Waals surface area contributed by atoms with Crippen molar-refractivity contribution in [1.29, 1.82) is 0 Å². The molecule has 1 unspecified atom stereocenters. The predicted octanol–water partition coefficient (Wildman–Crippen LogP) is 19.1. The van der Waals surface area contributed by atoms with E-state index in [4.69, 9.17) is 14.2 Å². The number of carbonyl (C=O) groups excluding carboxylic acids is 2. The van der Waals surface area contributed by atoms with E-state index in [1.54, 1.807) is 0 Å². The minimum Gasteiger partial charge on any atom is -0.462 e. The summed E-state index contributed by atoms with van der Waals surface area (Å²) in [5, 5.41) is 0. The van der Waals surface area contributed by atoms with Crippen molar-refractivity contribution in [3.05, 3.63) is 48.6 Å². The van der Waals surface area contributed by atoms with Crippen molar-refractivity contribution in [2.75, 3.05) is 19.8 Å². The Hall–Kier alpha value is -2.14. The quantitative estimate of drug-likeness (QED) is 0.0346. The van der Waals surface area contributed by atoms with Crippen LogP contribution in [0.1, 0.15) is 290 Å². The average Bonchev–Trinajstić information content (AvgIpc) is 3.30. The van der Waals surface area contributed by atoms with Gasteiger partial charge in [-0.1, -0.05) is 268 Å². The van der Waals surface area contributed by atoms with Crippen molar-refractivity contribution >= 4 is 11.9 Å². The first-order valence-electron chi connectivity index (χ1n) is 28.2. The fourth-order valence-electron chi connectivity index (χ4n) is 8.21. The van der Waals surface area contributed by atoms with Crippen LogP contribution in [-0.4, -0.2) is 37.9 Å². The Labute approximate surface area is 399 Å². The van der Waals surface area contributed by atoms with E-state index in [0.29, 0.717) is 19.4 Å². The van der Waals surface area contributed by atoms with E-state index in [1.807, 2.05) is 0 Å². The second-order valence-corrected chi connectivity index (χ2v) is 18.8. The zero-order chi connectivity index (χ0) is 46.3. The first-order chi connectivity index (χ1) is 31.6. The van der Waals surface area contributed by atoms with Crippen LogP contribution in [0, 0.1) is 0 Å². The van der Waals surface area contributed by atoms with Crippen molar-refractivity contribution in [3.63, 3.8) is 0 Å². The molecule has 0 aromatic rings. The van der Waals surface area contributed by atoms with Crippen LogP contribution in [0.2, 0.25) is 0 Å². The third-order valence-electron chi connectivity index (χ3n) is 12.4. The van der Waals surface area contributed by atoms with Gasteiger partial charge in [-0.15, -0.1) is 0 Å². The first-order valence-corrected chi connectivity index (χ1v) is 28.2. The minimum absolute atomic E-state index is 0.0857. The second kappa shape index (κ2) is 55.2. The van der Waals surface area contributed by atoms with E-state index in [2.05, 4.69) is 69.4 Å². The molecule has 374 valence electrons. The molecule has 0 saturated carbocycles. The molecule has 64 heavy (non-hydrogen) atoms. The summed E-state index contributed by atoms with van der Waals surface area (Å²) in [6.07, 6.45) is 68.5. The Kier molecular flexibility index (Phi) is 53.3. The summed E-state index contributed by atoms with van der Waals surface area (Å²) >= 11 is 0. The molecule has 0 aliphatic heterocycles. The number of rotatable bonds is 52. The van der Waals surface area contributed by atoms with Crippen LogP contribution in [0.15, 0.2) is 48.6 Å². The molecule has 1 atom stereocenters. The zero-order valence-electron chi connectivity index (χ0n) is 43.1. The number of hydrogen-bond acceptors (Lipinski definition) is 5. The lowest BCUT2D eigenvalue weighted by atomic mass is 10.0. The van der Waals surface area contributed by atoms with E-state index in [0.717, 1.165) is 64.2 Å². The number of carbonyl (C=O) groups is 2. The van der Waals surface area contributed by atoms with Crippen LogP contribution in [0.4, 0.5) is 0 Å². The van der Waals surface area contributed by atoms with Crippen LogP contribution in [0.3, 0.4) is 0 Å². The SMILES string of the molecule is CC/C=C\C/C=C\C/C=C\C/C=C\CCCCCCCCCOCC(COC(=O)CCCCCCCCCCCCCCCCCCCCC)OC(=O)CCCCCCCCCCC. The summed E-state index contributed by atoms with van der Waals surface area (Å²) in [5.41, 5.74) is 0. The Balaban J connectivity index is 4.13. The Morgan fingerprint density at radius 2 is 0.703 bits per heavy atom. The van der Waals surface area contributed by atoms with Gasteiger partial charge in [-0.3, -0.25) is 9.59 Å². The topological polar surface area (TPSA) is 61.8 Å². The molecule has 0 aliphatic rings. The van der Waals surface area contributed by atoms with E-state index in [9.17, 15) is 9.59 Å². The van der Waals surface area contributed by atoms with Crippen LogP contribution in [-0.2, 0) is 23.8 Å². The van der Waals surface area contributed by atoms with E-state index in [-0.39, 0.29) is 25.2 Å². The highest BCUT2D eigenvalue weighted by Gasteiger charge is 2.17. The van der Waals surface area contributed by atoms with Crippen molar-refractivity contribution in [2.45, 2.75) is 297 Å². The van der Waals surface area contributed by atoms with Gasteiger partial charge in [0.1, 0.15) is 6.61 Å². The zero-order valence-corrected chi connectivity index (χ0v) is 43.1. The molecule has 0 radical (unpaired) electrons. The normalized spacial score (nSPS) is 12.5. The van der Waals surface area contributed by atoms with Gasteiger partial charge in [0.05, 0.1) is 6.61 Å². The number of esters is 2. The smallest absolute Gasteiger partial charge is 0.306 e. The van der Waals surface area contributed by atoms with Crippen LogP contribution in [0.25, 0.3) is 0 Å². The Morgan fingerprint density at radius 1 is 0.359 bits per heavy atom. The summed E-state index contributed by atoms with van der Waals surface area (Å²) in [4.78, 5) is 25.4. The van der Waals surface area contributed by atoms with Gasteiger partial charge in [-0.25, -0.2) is 0 Å². The number of allylic oxidation sites excluding steroid dienone is 8. The largest absolute Gasteiger partial charge is 0.462 e. The summed E-state index contributed by atoms with van der Waals surface area (Å²) in [7, 11) is 0. The second-order valence-electron chi connectivity index (χ2n) is 18.8. The highest BCUT2D eigenvalue weighted by atomic mass is 16.6. The molecule has 0 aromatic heterocycles. The highest BCUT2D eigenvalue weighted by molar-refractivity contribution is 5.70. The average molecular weight is 898 g/mol. The molecule has 0 aromatic carbocycles. The van der Waals surface area contributed by atoms with Gasteiger partial charge in [-0.05, 0) is 57.8 Å². The van der Waals surface area contributed by atoms with Gasteiger partial charge in [0.25, 0.3) is 0 Å². The molecule has 5 nitrogen and oxygen atoms in total. The molecule has 0 saturated heterocycles.